The molecule has 0 aliphatic carbocycles. The molecule has 0 bridgehead atoms. The molecule has 0 atom stereocenters. The largest absolute Gasteiger partial charge is 0.332 e. The molecule has 16 heavy (non-hydrogen) atoms. The summed E-state index contributed by atoms with van der Waals surface area (Å²) in [5.74, 6) is 0. The van der Waals surface area contributed by atoms with Gasteiger partial charge in [0.05, 0.1) is 17.8 Å². The van der Waals surface area contributed by atoms with Crippen molar-refractivity contribution in [2.45, 2.75) is 0 Å². The van der Waals surface area contributed by atoms with Gasteiger partial charge in [0.25, 0.3) is 0 Å². The highest BCUT2D eigenvalue weighted by atomic mass is 32.1. The smallest absolute Gasteiger partial charge is 0.188 e. The highest BCUT2D eigenvalue weighted by Crippen LogP contribution is 2.21. The standard InChI is InChI=1S/C11H6N4S/c12-5-8-1-3-9(4-2-8)15-11-14-7-10(6-13)16-11/h1-4,7H,(H,14,15). The third-order valence-electron chi connectivity index (χ3n) is 1.88. The van der Waals surface area contributed by atoms with Gasteiger partial charge in [-0.05, 0) is 24.3 Å². The van der Waals surface area contributed by atoms with Crippen LogP contribution in [0.2, 0.25) is 0 Å². The Labute approximate surface area is 96.4 Å². The SMILES string of the molecule is N#Cc1ccc(Nc2ncc(C#N)s2)cc1. The number of nitriles is 2. The summed E-state index contributed by atoms with van der Waals surface area (Å²) in [7, 11) is 0. The van der Waals surface area contributed by atoms with Crippen LogP contribution in [0.25, 0.3) is 0 Å². The molecule has 2 aromatic rings. The highest BCUT2D eigenvalue weighted by molar-refractivity contribution is 7.16. The van der Waals surface area contributed by atoms with E-state index < -0.39 is 0 Å². The summed E-state index contributed by atoms with van der Waals surface area (Å²) in [5.41, 5.74) is 1.46. The van der Waals surface area contributed by atoms with Crippen LogP contribution in [0.5, 0.6) is 0 Å². The van der Waals surface area contributed by atoms with Gasteiger partial charge in [-0.3, -0.25) is 0 Å². The Morgan fingerprint density at radius 3 is 2.44 bits per heavy atom. The number of nitrogens with one attached hydrogen (secondary N) is 1. The fourth-order valence-electron chi connectivity index (χ4n) is 1.14. The summed E-state index contributed by atoms with van der Waals surface area (Å²) < 4.78 is 0. The Kier molecular flexibility index (Phi) is 2.81. The predicted molar refractivity (Wildman–Crippen MR) is 61.3 cm³/mol. The molecule has 0 saturated heterocycles. The molecule has 0 amide bonds. The lowest BCUT2D eigenvalue weighted by Crippen LogP contribution is -1.88. The van der Waals surface area contributed by atoms with Crippen molar-refractivity contribution in [3.63, 3.8) is 0 Å². The Bertz CT molecular complexity index is 571. The van der Waals surface area contributed by atoms with E-state index in [0.29, 0.717) is 15.6 Å². The molecule has 1 heterocycles. The van der Waals surface area contributed by atoms with Gasteiger partial charge in [0, 0.05) is 5.69 Å². The molecule has 2 rings (SSSR count). The van der Waals surface area contributed by atoms with Crippen LogP contribution in [0.4, 0.5) is 10.8 Å². The second-order valence-electron chi connectivity index (χ2n) is 2.96. The van der Waals surface area contributed by atoms with E-state index in [2.05, 4.69) is 10.3 Å². The van der Waals surface area contributed by atoms with Gasteiger partial charge < -0.3 is 5.32 Å². The highest BCUT2D eigenvalue weighted by Gasteiger charge is 2.01. The number of anilines is 2. The first-order valence-corrected chi connectivity index (χ1v) is 5.26. The number of hydrogen-bond donors (Lipinski definition) is 1. The summed E-state index contributed by atoms with van der Waals surface area (Å²) in [6.07, 6.45) is 1.52. The van der Waals surface area contributed by atoms with Crippen molar-refractivity contribution in [3.8, 4) is 12.1 Å². The van der Waals surface area contributed by atoms with Gasteiger partial charge in [-0.1, -0.05) is 11.3 Å². The number of benzene rings is 1. The van der Waals surface area contributed by atoms with Gasteiger partial charge in [0.2, 0.25) is 0 Å². The molecule has 0 saturated carbocycles. The molecule has 0 fully saturated rings. The topological polar surface area (TPSA) is 72.5 Å². The molecule has 0 aliphatic rings. The Morgan fingerprint density at radius 2 is 1.88 bits per heavy atom. The zero-order chi connectivity index (χ0) is 11.4. The molecule has 1 aromatic carbocycles. The fourth-order valence-corrected chi connectivity index (χ4v) is 1.77. The zero-order valence-electron chi connectivity index (χ0n) is 8.14. The van der Waals surface area contributed by atoms with E-state index in [4.69, 9.17) is 10.5 Å². The molecular formula is C11H6N4S. The first-order chi connectivity index (χ1) is 7.81. The summed E-state index contributed by atoms with van der Waals surface area (Å²) in [5, 5.41) is 21.0. The molecule has 0 radical (unpaired) electrons. The minimum Gasteiger partial charge on any atom is -0.332 e. The first-order valence-electron chi connectivity index (χ1n) is 4.45. The van der Waals surface area contributed by atoms with Gasteiger partial charge in [0.1, 0.15) is 10.9 Å². The van der Waals surface area contributed by atoms with E-state index in [-0.39, 0.29) is 0 Å². The van der Waals surface area contributed by atoms with Crippen LogP contribution in [-0.2, 0) is 0 Å². The van der Waals surface area contributed by atoms with Crippen molar-refractivity contribution in [3.05, 3.63) is 40.9 Å². The first kappa shape index (κ1) is 10.2. The molecule has 1 N–H and O–H groups in total. The van der Waals surface area contributed by atoms with Crippen molar-refractivity contribution in [1.82, 2.24) is 4.98 Å². The lowest BCUT2D eigenvalue weighted by Gasteiger charge is -2.00. The Balaban J connectivity index is 2.15. The van der Waals surface area contributed by atoms with Crippen LogP contribution in [0, 0.1) is 22.7 Å². The second-order valence-corrected chi connectivity index (χ2v) is 3.99. The molecule has 1 aromatic heterocycles. The summed E-state index contributed by atoms with van der Waals surface area (Å²) in [6, 6.07) is 11.1. The maximum absolute atomic E-state index is 8.64. The van der Waals surface area contributed by atoms with Crippen LogP contribution < -0.4 is 5.32 Å². The van der Waals surface area contributed by atoms with E-state index in [1.54, 1.807) is 24.3 Å². The van der Waals surface area contributed by atoms with Gasteiger partial charge >= 0.3 is 0 Å². The van der Waals surface area contributed by atoms with Crippen LogP contribution in [-0.4, -0.2) is 4.98 Å². The van der Waals surface area contributed by atoms with E-state index in [0.717, 1.165) is 5.69 Å². The molecule has 5 heteroatoms. The zero-order valence-corrected chi connectivity index (χ0v) is 8.95. The lowest BCUT2D eigenvalue weighted by molar-refractivity contribution is 1.38. The number of aromatic nitrogens is 1. The maximum Gasteiger partial charge on any atom is 0.188 e. The van der Waals surface area contributed by atoms with E-state index in [1.165, 1.54) is 17.5 Å². The predicted octanol–water partition coefficient (Wildman–Crippen LogP) is 2.63. The summed E-state index contributed by atoms with van der Waals surface area (Å²) >= 11 is 1.29. The molecular weight excluding hydrogens is 220 g/mol. The molecule has 4 nitrogen and oxygen atoms in total. The van der Waals surface area contributed by atoms with E-state index >= 15 is 0 Å². The quantitative estimate of drug-likeness (QED) is 0.854. The minimum atomic E-state index is 0.566. The van der Waals surface area contributed by atoms with Crippen molar-refractivity contribution in [2.75, 3.05) is 5.32 Å². The van der Waals surface area contributed by atoms with E-state index in [9.17, 15) is 0 Å². The fraction of sp³-hybridized carbons (Fsp3) is 0. The van der Waals surface area contributed by atoms with Crippen LogP contribution in [0.1, 0.15) is 10.4 Å². The Hall–Kier alpha value is -2.37. The van der Waals surface area contributed by atoms with Crippen molar-refractivity contribution in [2.24, 2.45) is 0 Å². The number of thiazole rings is 1. The third kappa shape index (κ3) is 2.17. The van der Waals surface area contributed by atoms with Gasteiger partial charge in [-0.2, -0.15) is 10.5 Å². The number of rotatable bonds is 2. The molecule has 76 valence electrons. The Morgan fingerprint density at radius 1 is 1.12 bits per heavy atom. The summed E-state index contributed by atoms with van der Waals surface area (Å²) in [4.78, 5) is 4.61. The van der Waals surface area contributed by atoms with Gasteiger partial charge in [-0.15, -0.1) is 0 Å². The van der Waals surface area contributed by atoms with E-state index in [1.807, 2.05) is 12.1 Å². The normalized spacial score (nSPS) is 9.12. The third-order valence-corrected chi connectivity index (χ3v) is 2.70. The van der Waals surface area contributed by atoms with Crippen LogP contribution >= 0.6 is 11.3 Å². The number of hydrogen-bond acceptors (Lipinski definition) is 5. The maximum atomic E-state index is 8.64. The molecule has 0 unspecified atom stereocenters. The summed E-state index contributed by atoms with van der Waals surface area (Å²) in [6.45, 7) is 0. The van der Waals surface area contributed by atoms with Crippen LogP contribution in [0.15, 0.2) is 30.5 Å². The molecule has 0 aliphatic heterocycles. The van der Waals surface area contributed by atoms with Crippen molar-refractivity contribution < 1.29 is 0 Å². The van der Waals surface area contributed by atoms with Gasteiger partial charge in [0.15, 0.2) is 5.13 Å². The van der Waals surface area contributed by atoms with Crippen molar-refractivity contribution >= 4 is 22.2 Å². The monoisotopic (exact) mass is 226 g/mol. The van der Waals surface area contributed by atoms with Crippen molar-refractivity contribution in [1.29, 1.82) is 10.5 Å². The minimum absolute atomic E-state index is 0.566. The number of nitrogens with zero attached hydrogens (tertiary/aromatic N) is 3. The van der Waals surface area contributed by atoms with Gasteiger partial charge in [-0.25, -0.2) is 4.98 Å². The average molecular weight is 226 g/mol. The average Bonchev–Trinajstić information content (AvgIpc) is 2.78. The van der Waals surface area contributed by atoms with Crippen LogP contribution in [0.3, 0.4) is 0 Å². The second kappa shape index (κ2) is 4.43. The molecule has 0 spiro atoms. The lowest BCUT2D eigenvalue weighted by atomic mass is 10.2.